The quantitative estimate of drug-likeness (QED) is 0.600. The van der Waals surface area contributed by atoms with Crippen molar-refractivity contribution in [1.29, 1.82) is 0 Å². The maximum absolute atomic E-state index is 12.9. The fourth-order valence-electron chi connectivity index (χ4n) is 4.47. The Morgan fingerprint density at radius 2 is 1.82 bits per heavy atom. The highest BCUT2D eigenvalue weighted by Crippen LogP contribution is 2.33. The maximum atomic E-state index is 12.9. The summed E-state index contributed by atoms with van der Waals surface area (Å²) in [5, 5.41) is 4.48. The molecule has 2 fully saturated rings. The van der Waals surface area contributed by atoms with Gasteiger partial charge in [-0.3, -0.25) is 4.90 Å². The summed E-state index contributed by atoms with van der Waals surface area (Å²) in [6.07, 6.45) is 0.241. The number of anilines is 1. The summed E-state index contributed by atoms with van der Waals surface area (Å²) >= 11 is 1.99. The van der Waals surface area contributed by atoms with Crippen LogP contribution in [0.2, 0.25) is 0 Å². The fourth-order valence-corrected chi connectivity index (χ4v) is 5.21. The number of alkyl halides is 3. The van der Waals surface area contributed by atoms with E-state index in [2.05, 4.69) is 10.2 Å². The second kappa shape index (κ2) is 8.39. The maximum Gasteiger partial charge on any atom is 0.406 e. The number of nitrogens with zero attached hydrogens (tertiary/aromatic N) is 2. The number of rotatable bonds is 4. The number of hydrogen-bond acceptors (Lipinski definition) is 3. The zero-order chi connectivity index (χ0) is 19.7. The van der Waals surface area contributed by atoms with Gasteiger partial charge in [0.25, 0.3) is 0 Å². The van der Waals surface area contributed by atoms with Gasteiger partial charge in [-0.05, 0) is 66.5 Å². The lowest BCUT2D eigenvalue weighted by Gasteiger charge is -2.39. The Bertz CT molecular complexity index is 809. The Labute approximate surface area is 176 Å². The van der Waals surface area contributed by atoms with Crippen LogP contribution in [0.15, 0.2) is 24.3 Å². The monoisotopic (exact) mass is 507 g/mol. The summed E-state index contributed by atoms with van der Waals surface area (Å²) in [5.41, 5.74) is 1.57. The van der Waals surface area contributed by atoms with Gasteiger partial charge in [-0.15, -0.1) is 0 Å². The predicted molar refractivity (Wildman–Crippen MR) is 113 cm³/mol. The highest BCUT2D eigenvalue weighted by atomic mass is 127. The van der Waals surface area contributed by atoms with Gasteiger partial charge in [0.15, 0.2) is 0 Å². The molecule has 28 heavy (non-hydrogen) atoms. The number of halogens is 4. The molecular weight excluding hydrogens is 482 g/mol. The minimum atomic E-state index is -4.23. The minimum Gasteiger partial charge on any atom is -0.382 e. The van der Waals surface area contributed by atoms with Gasteiger partial charge in [0.2, 0.25) is 0 Å². The molecule has 0 bridgehead atoms. The molecule has 154 valence electrons. The van der Waals surface area contributed by atoms with Crippen molar-refractivity contribution < 1.29 is 17.9 Å². The highest BCUT2D eigenvalue weighted by molar-refractivity contribution is 14.1. The second-order valence-electron chi connectivity index (χ2n) is 7.70. The van der Waals surface area contributed by atoms with Crippen LogP contribution in [0.5, 0.6) is 0 Å². The topological polar surface area (TPSA) is 29.4 Å². The van der Waals surface area contributed by atoms with Crippen LogP contribution in [0.25, 0.3) is 10.9 Å². The second-order valence-corrected chi connectivity index (χ2v) is 8.81. The Hall–Kier alpha value is -1.00. The van der Waals surface area contributed by atoms with Crippen molar-refractivity contribution in [3.05, 3.63) is 28.0 Å². The van der Waals surface area contributed by atoms with Crippen LogP contribution in [0.4, 0.5) is 18.9 Å². The predicted octanol–water partition coefficient (Wildman–Crippen LogP) is 4.86. The fraction of sp³-hybridized carbons (Fsp3) is 0.600. The molecule has 1 saturated heterocycles. The summed E-state index contributed by atoms with van der Waals surface area (Å²) in [5.74, 6) is 0. The van der Waals surface area contributed by atoms with Gasteiger partial charge in [-0.2, -0.15) is 13.2 Å². The van der Waals surface area contributed by atoms with E-state index in [9.17, 15) is 13.2 Å². The molecule has 1 aliphatic heterocycles. The Balaban J connectivity index is 1.45. The summed E-state index contributed by atoms with van der Waals surface area (Å²) in [7, 11) is 0. The van der Waals surface area contributed by atoms with Gasteiger partial charge in [-0.25, -0.2) is 0 Å². The molecule has 0 atom stereocenters. The number of fused-ring (bicyclic) bond motifs is 1. The first-order valence-corrected chi connectivity index (χ1v) is 10.9. The molecule has 0 amide bonds. The van der Waals surface area contributed by atoms with Crippen LogP contribution in [0.3, 0.4) is 0 Å². The van der Waals surface area contributed by atoms with Crippen molar-refractivity contribution in [1.82, 2.24) is 9.47 Å². The first kappa shape index (κ1) is 20.3. The third-order valence-electron chi connectivity index (χ3n) is 5.85. The van der Waals surface area contributed by atoms with Gasteiger partial charge in [0.1, 0.15) is 6.54 Å². The molecule has 1 aliphatic carbocycles. The first-order valence-electron chi connectivity index (χ1n) is 9.83. The van der Waals surface area contributed by atoms with E-state index in [0.29, 0.717) is 21.3 Å². The molecule has 0 spiro atoms. The van der Waals surface area contributed by atoms with E-state index in [1.165, 1.54) is 4.57 Å². The van der Waals surface area contributed by atoms with Gasteiger partial charge < -0.3 is 14.6 Å². The minimum absolute atomic E-state index is 0.367. The van der Waals surface area contributed by atoms with Gasteiger partial charge in [0.05, 0.1) is 22.4 Å². The summed E-state index contributed by atoms with van der Waals surface area (Å²) in [6, 6.07) is 8.43. The number of nitrogens with one attached hydrogen (secondary N) is 1. The third kappa shape index (κ3) is 4.59. The lowest BCUT2D eigenvalue weighted by molar-refractivity contribution is -0.140. The van der Waals surface area contributed by atoms with E-state index in [-0.39, 0.29) is 0 Å². The molecule has 4 rings (SSSR count). The molecule has 2 aromatic rings. The molecule has 1 N–H and O–H groups in total. The molecule has 0 radical (unpaired) electrons. The van der Waals surface area contributed by atoms with Crippen molar-refractivity contribution in [3.8, 4) is 0 Å². The number of ether oxygens (including phenoxy) is 1. The molecule has 8 heteroatoms. The van der Waals surface area contributed by atoms with Crippen LogP contribution >= 0.6 is 22.6 Å². The molecule has 2 aliphatic rings. The average molecular weight is 507 g/mol. The summed E-state index contributed by atoms with van der Waals surface area (Å²) in [6.45, 7) is 2.74. The van der Waals surface area contributed by atoms with E-state index in [4.69, 9.17) is 4.74 Å². The summed E-state index contributed by atoms with van der Waals surface area (Å²) in [4.78, 5) is 2.54. The van der Waals surface area contributed by atoms with E-state index in [0.717, 1.165) is 63.1 Å². The van der Waals surface area contributed by atoms with Gasteiger partial charge in [-0.1, -0.05) is 6.07 Å². The van der Waals surface area contributed by atoms with E-state index < -0.39 is 12.7 Å². The SMILES string of the molecule is FC(F)(F)Cn1c(I)cc2c(NC3CCC(N4CCOCC4)CC3)cccc21. The van der Waals surface area contributed by atoms with Crippen LogP contribution < -0.4 is 5.32 Å². The molecular formula is C20H25F3IN3O. The zero-order valence-corrected chi connectivity index (χ0v) is 17.8. The molecule has 1 saturated carbocycles. The van der Waals surface area contributed by atoms with Crippen molar-refractivity contribution in [2.24, 2.45) is 0 Å². The van der Waals surface area contributed by atoms with Crippen molar-refractivity contribution in [3.63, 3.8) is 0 Å². The van der Waals surface area contributed by atoms with Crippen molar-refractivity contribution in [2.75, 3.05) is 31.6 Å². The van der Waals surface area contributed by atoms with Crippen LogP contribution in [0.1, 0.15) is 25.7 Å². The van der Waals surface area contributed by atoms with Crippen molar-refractivity contribution in [2.45, 2.75) is 50.5 Å². The Morgan fingerprint density at radius 1 is 1.11 bits per heavy atom. The van der Waals surface area contributed by atoms with Crippen LogP contribution in [-0.4, -0.2) is 54.0 Å². The Morgan fingerprint density at radius 3 is 2.50 bits per heavy atom. The summed E-state index contributed by atoms with van der Waals surface area (Å²) < 4.78 is 46.2. The van der Waals surface area contributed by atoms with Gasteiger partial charge >= 0.3 is 6.18 Å². The number of morpholine rings is 1. The zero-order valence-electron chi connectivity index (χ0n) is 15.6. The molecule has 1 aromatic heterocycles. The van der Waals surface area contributed by atoms with Crippen molar-refractivity contribution >= 4 is 39.2 Å². The van der Waals surface area contributed by atoms with Crippen LogP contribution in [-0.2, 0) is 11.3 Å². The standard InChI is InChI=1S/C20H25F3IN3O/c21-20(22,23)13-27-18-3-1-2-17(16(18)12-19(27)24)25-14-4-6-15(7-5-14)26-8-10-28-11-9-26/h1-3,12,14-15,25H,4-11,13H2. The third-order valence-corrected chi connectivity index (χ3v) is 6.74. The van der Waals surface area contributed by atoms with Crippen LogP contribution in [0, 0.1) is 3.70 Å². The largest absolute Gasteiger partial charge is 0.406 e. The number of hydrogen-bond donors (Lipinski definition) is 1. The molecule has 4 nitrogen and oxygen atoms in total. The molecule has 0 unspecified atom stereocenters. The highest BCUT2D eigenvalue weighted by Gasteiger charge is 2.30. The average Bonchev–Trinajstić information content (AvgIpc) is 2.98. The van der Waals surface area contributed by atoms with E-state index in [1.54, 1.807) is 6.07 Å². The normalized spacial score (nSPS) is 24.6. The number of benzene rings is 1. The lowest BCUT2D eigenvalue weighted by Crippen LogP contribution is -2.46. The lowest BCUT2D eigenvalue weighted by atomic mass is 9.89. The molecule has 1 aromatic carbocycles. The number of aromatic nitrogens is 1. The Kier molecular flexibility index (Phi) is 6.08. The smallest absolute Gasteiger partial charge is 0.382 e. The molecule has 2 heterocycles. The first-order chi connectivity index (χ1) is 13.4. The van der Waals surface area contributed by atoms with E-state index in [1.807, 2.05) is 40.8 Å². The van der Waals surface area contributed by atoms with Gasteiger partial charge in [0, 0.05) is 36.2 Å². The van der Waals surface area contributed by atoms with E-state index >= 15 is 0 Å².